The van der Waals surface area contributed by atoms with Gasteiger partial charge in [0.2, 0.25) is 5.71 Å². The van der Waals surface area contributed by atoms with E-state index in [1.54, 1.807) is 13.8 Å². The molecule has 1 saturated carbocycles. The summed E-state index contributed by atoms with van der Waals surface area (Å²) in [4.78, 5) is 21.1. The lowest BCUT2D eigenvalue weighted by atomic mass is 9.95. The largest absolute Gasteiger partial charge is 0.462 e. The van der Waals surface area contributed by atoms with E-state index in [1.807, 2.05) is 6.92 Å². The number of nitrogens with two attached hydrogens (primary N) is 1. The second-order valence-corrected chi connectivity index (χ2v) is 8.38. The van der Waals surface area contributed by atoms with Crippen LogP contribution in [0, 0.1) is 13.8 Å². The molecule has 3 heterocycles. The molecule has 2 N–H and O–H groups in total. The van der Waals surface area contributed by atoms with Crippen molar-refractivity contribution in [3.63, 3.8) is 0 Å². The first-order chi connectivity index (χ1) is 14.5. The van der Waals surface area contributed by atoms with Gasteiger partial charge in [-0.15, -0.1) is 10.2 Å². The Bertz CT molecular complexity index is 1070. The van der Waals surface area contributed by atoms with E-state index >= 15 is 0 Å². The van der Waals surface area contributed by atoms with E-state index in [0.717, 1.165) is 23.8 Å². The highest BCUT2D eigenvalue weighted by molar-refractivity contribution is 7.98. The van der Waals surface area contributed by atoms with Crippen molar-refractivity contribution < 1.29 is 13.9 Å². The average molecular weight is 431 g/mol. The molecule has 9 nitrogen and oxygen atoms in total. The van der Waals surface area contributed by atoms with Crippen molar-refractivity contribution >= 4 is 34.6 Å². The molecule has 0 aliphatic heterocycles. The van der Waals surface area contributed by atoms with E-state index in [1.165, 1.54) is 31.0 Å². The third-order valence-corrected chi connectivity index (χ3v) is 6.33. The summed E-state index contributed by atoms with van der Waals surface area (Å²) < 4.78 is 13.0. The monoisotopic (exact) mass is 430 g/mol. The molecule has 0 spiro atoms. The van der Waals surface area contributed by atoms with Gasteiger partial charge >= 0.3 is 5.97 Å². The Labute approximate surface area is 178 Å². The summed E-state index contributed by atoms with van der Waals surface area (Å²) in [5, 5.41) is 9.91. The second-order valence-electron chi connectivity index (χ2n) is 7.44. The standard InChI is InChI=1S/C20H26N6O3S/c1-4-28-19(27)15-11(2)29-18-16(15)17(21)22-14(23-18)10-30-20-25-24-12(3)26(20)13-8-6-5-7-9-13/h13H,4-10H2,1-3H3,(H2,21,22,23). The van der Waals surface area contributed by atoms with Gasteiger partial charge in [0, 0.05) is 6.04 Å². The molecule has 1 aliphatic carbocycles. The van der Waals surface area contributed by atoms with Crippen LogP contribution in [0.4, 0.5) is 5.82 Å². The first kappa shape index (κ1) is 20.6. The van der Waals surface area contributed by atoms with Crippen LogP contribution >= 0.6 is 11.8 Å². The van der Waals surface area contributed by atoms with E-state index in [0.29, 0.717) is 34.5 Å². The summed E-state index contributed by atoms with van der Waals surface area (Å²) >= 11 is 1.53. The number of aryl methyl sites for hydroxylation is 2. The first-order valence-corrected chi connectivity index (χ1v) is 11.2. The summed E-state index contributed by atoms with van der Waals surface area (Å²) in [5.74, 6) is 2.06. The fourth-order valence-electron chi connectivity index (χ4n) is 4.03. The smallest absolute Gasteiger partial charge is 0.342 e. The molecular formula is C20H26N6O3S. The van der Waals surface area contributed by atoms with E-state index in [2.05, 4.69) is 24.7 Å². The molecule has 0 bridgehead atoms. The molecule has 30 heavy (non-hydrogen) atoms. The number of thioether (sulfide) groups is 1. The van der Waals surface area contributed by atoms with Crippen LogP contribution in [-0.4, -0.2) is 37.3 Å². The highest BCUT2D eigenvalue weighted by Crippen LogP contribution is 2.34. The van der Waals surface area contributed by atoms with Gasteiger partial charge in [-0.05, 0) is 33.6 Å². The minimum Gasteiger partial charge on any atom is -0.462 e. The van der Waals surface area contributed by atoms with Crippen LogP contribution in [0.25, 0.3) is 11.1 Å². The van der Waals surface area contributed by atoms with Crippen molar-refractivity contribution in [2.75, 3.05) is 12.3 Å². The third-order valence-electron chi connectivity index (χ3n) is 5.39. The molecule has 160 valence electrons. The van der Waals surface area contributed by atoms with Crippen molar-refractivity contribution in [3.05, 3.63) is 23.0 Å². The van der Waals surface area contributed by atoms with Crippen molar-refractivity contribution in [1.82, 2.24) is 24.7 Å². The number of esters is 1. The van der Waals surface area contributed by atoms with Gasteiger partial charge in [0.25, 0.3) is 0 Å². The highest BCUT2D eigenvalue weighted by atomic mass is 32.2. The minimum atomic E-state index is -0.484. The summed E-state index contributed by atoms with van der Waals surface area (Å²) in [6, 6.07) is 0.449. The normalized spacial score (nSPS) is 15.0. The zero-order valence-corrected chi connectivity index (χ0v) is 18.3. The van der Waals surface area contributed by atoms with Gasteiger partial charge in [0.15, 0.2) is 5.16 Å². The number of nitrogen functional groups attached to an aromatic ring is 1. The molecule has 0 unspecified atom stereocenters. The summed E-state index contributed by atoms with van der Waals surface area (Å²) in [6.45, 7) is 5.70. The van der Waals surface area contributed by atoms with Gasteiger partial charge in [0.05, 0.1) is 17.7 Å². The van der Waals surface area contributed by atoms with Gasteiger partial charge in [-0.3, -0.25) is 0 Å². The van der Waals surface area contributed by atoms with Crippen molar-refractivity contribution in [2.45, 2.75) is 69.8 Å². The molecular weight excluding hydrogens is 404 g/mol. The average Bonchev–Trinajstić information content (AvgIpc) is 3.26. The zero-order chi connectivity index (χ0) is 21.3. The maximum absolute atomic E-state index is 12.3. The van der Waals surface area contributed by atoms with Crippen LogP contribution in [-0.2, 0) is 10.5 Å². The highest BCUT2D eigenvalue weighted by Gasteiger charge is 2.25. The number of anilines is 1. The fourth-order valence-corrected chi connectivity index (χ4v) is 4.94. The maximum Gasteiger partial charge on any atom is 0.342 e. The molecule has 1 aliphatic rings. The molecule has 0 atom stereocenters. The molecule has 0 saturated heterocycles. The number of furan rings is 1. The summed E-state index contributed by atoms with van der Waals surface area (Å²) in [5.41, 5.74) is 6.75. The molecule has 0 amide bonds. The molecule has 3 aromatic rings. The molecule has 0 radical (unpaired) electrons. The number of nitrogens with zero attached hydrogens (tertiary/aromatic N) is 5. The SMILES string of the molecule is CCOC(=O)c1c(C)oc2nc(CSc3nnc(C)n3C3CCCCC3)nc(N)c12. The number of carbonyl (C=O) groups excluding carboxylic acids is 1. The number of ether oxygens (including phenoxy) is 1. The van der Waals surface area contributed by atoms with Crippen molar-refractivity contribution in [2.24, 2.45) is 0 Å². The lowest BCUT2D eigenvalue weighted by Crippen LogP contribution is -2.15. The Morgan fingerprint density at radius 1 is 1.23 bits per heavy atom. The van der Waals surface area contributed by atoms with Gasteiger partial charge in [-0.2, -0.15) is 4.98 Å². The number of hydrogen-bond acceptors (Lipinski definition) is 9. The summed E-state index contributed by atoms with van der Waals surface area (Å²) in [7, 11) is 0. The van der Waals surface area contributed by atoms with Gasteiger partial charge in [-0.1, -0.05) is 31.0 Å². The van der Waals surface area contributed by atoms with E-state index < -0.39 is 5.97 Å². The Morgan fingerprint density at radius 3 is 2.73 bits per heavy atom. The van der Waals surface area contributed by atoms with Gasteiger partial charge in [-0.25, -0.2) is 9.78 Å². The van der Waals surface area contributed by atoms with Crippen LogP contribution in [0.5, 0.6) is 0 Å². The molecule has 1 fully saturated rings. The van der Waals surface area contributed by atoms with Crippen LogP contribution < -0.4 is 5.73 Å². The minimum absolute atomic E-state index is 0.209. The maximum atomic E-state index is 12.3. The van der Waals surface area contributed by atoms with E-state index in [4.69, 9.17) is 14.9 Å². The van der Waals surface area contributed by atoms with Crippen LogP contribution in [0.1, 0.15) is 72.8 Å². The Hall–Kier alpha value is -2.62. The third kappa shape index (κ3) is 3.88. The predicted molar refractivity (Wildman–Crippen MR) is 113 cm³/mol. The second kappa shape index (κ2) is 8.63. The molecule has 10 heteroatoms. The number of hydrogen-bond donors (Lipinski definition) is 1. The number of carbonyl (C=O) groups is 1. The zero-order valence-electron chi connectivity index (χ0n) is 17.5. The van der Waals surface area contributed by atoms with Crippen LogP contribution in [0.15, 0.2) is 9.57 Å². The Morgan fingerprint density at radius 2 is 2.00 bits per heavy atom. The molecule has 0 aromatic carbocycles. The van der Waals surface area contributed by atoms with Crippen LogP contribution in [0.3, 0.4) is 0 Å². The van der Waals surface area contributed by atoms with E-state index in [9.17, 15) is 4.79 Å². The molecule has 4 rings (SSSR count). The van der Waals surface area contributed by atoms with Crippen LogP contribution in [0.2, 0.25) is 0 Å². The van der Waals surface area contributed by atoms with Crippen molar-refractivity contribution in [3.8, 4) is 0 Å². The van der Waals surface area contributed by atoms with Gasteiger partial charge in [0.1, 0.15) is 28.8 Å². The first-order valence-electron chi connectivity index (χ1n) is 10.3. The number of fused-ring (bicyclic) bond motifs is 1. The Kier molecular flexibility index (Phi) is 5.94. The van der Waals surface area contributed by atoms with Crippen molar-refractivity contribution in [1.29, 1.82) is 0 Å². The predicted octanol–water partition coefficient (Wildman–Crippen LogP) is 3.99. The Balaban J connectivity index is 1.58. The lowest BCUT2D eigenvalue weighted by Gasteiger charge is -2.24. The van der Waals surface area contributed by atoms with Gasteiger partial charge < -0.3 is 19.5 Å². The molecule has 3 aromatic heterocycles. The summed E-state index contributed by atoms with van der Waals surface area (Å²) in [6.07, 6.45) is 6.09. The lowest BCUT2D eigenvalue weighted by molar-refractivity contribution is 0.0526. The van der Waals surface area contributed by atoms with E-state index in [-0.39, 0.29) is 18.0 Å². The fraction of sp³-hybridized carbons (Fsp3) is 0.550. The quantitative estimate of drug-likeness (QED) is 0.457. The topological polar surface area (TPSA) is 122 Å². The number of aromatic nitrogens is 5. The number of rotatable bonds is 6.